The average Bonchev–Trinajstić information content (AvgIpc) is 3.25. The molecular weight excluding hydrogens is 461 g/mol. The molecule has 11 heteroatoms. The number of nitrogens with one attached hydrogen (secondary N) is 1. The molecule has 3 saturated carbocycles. The van der Waals surface area contributed by atoms with Crippen LogP contribution in [-0.4, -0.2) is 67.3 Å². The van der Waals surface area contributed by atoms with Crippen LogP contribution in [0.5, 0.6) is 0 Å². The third-order valence-corrected chi connectivity index (χ3v) is 8.94. The van der Waals surface area contributed by atoms with Crippen LogP contribution in [0.3, 0.4) is 0 Å². The molecule has 0 bridgehead atoms. The van der Waals surface area contributed by atoms with Crippen LogP contribution in [0.15, 0.2) is 18.3 Å². The summed E-state index contributed by atoms with van der Waals surface area (Å²) in [5.41, 5.74) is -0.530. The molecule has 2 aromatic rings. The van der Waals surface area contributed by atoms with Crippen molar-refractivity contribution < 1.29 is 23.1 Å². The highest BCUT2D eigenvalue weighted by molar-refractivity contribution is 5.77. The van der Waals surface area contributed by atoms with Gasteiger partial charge in [0.2, 0.25) is 0 Å². The Labute approximate surface area is 199 Å². The summed E-state index contributed by atoms with van der Waals surface area (Å²) < 4.78 is 38.1. The van der Waals surface area contributed by atoms with E-state index in [0.717, 1.165) is 82.2 Å². The maximum atomic E-state index is 12.9. The van der Waals surface area contributed by atoms with Crippen molar-refractivity contribution in [3.63, 3.8) is 0 Å². The number of pyridine rings is 1. The van der Waals surface area contributed by atoms with Gasteiger partial charge in [0.1, 0.15) is 17.1 Å². The monoisotopic (exact) mass is 488 g/mol. The smallest absolute Gasteiger partial charge is 0.382 e. The van der Waals surface area contributed by atoms with E-state index in [9.17, 15) is 23.1 Å². The number of amides is 2. The minimum atomic E-state index is -4.41. The maximum Gasteiger partial charge on any atom is 0.433 e. The zero-order chi connectivity index (χ0) is 24.2. The van der Waals surface area contributed by atoms with Gasteiger partial charge in [-0.05, 0) is 56.1 Å². The molecule has 4 heterocycles. The predicted octanol–water partition coefficient (Wildman–Crippen LogP) is 3.38. The first kappa shape index (κ1) is 21.6. The standard InChI is InChI=1S/C24H27F3N6O2/c25-24(26,27)17-2-1-14(9-28-17)15-5-21(6-15)10-32(11-21)20(34)33-12-22(13-33)7-16(8-22)18-29-19(31-30-18)23(35)3-4-23/h1-2,9,15-16,35H,3-8,10-13H2,(H,29,30,31). The summed E-state index contributed by atoms with van der Waals surface area (Å²) in [5.74, 6) is 1.90. The maximum absolute atomic E-state index is 12.9. The Balaban J connectivity index is 0.866. The van der Waals surface area contributed by atoms with Crippen molar-refractivity contribution in [2.24, 2.45) is 10.8 Å². The molecule has 5 aliphatic rings. The molecule has 2 spiro atoms. The highest BCUT2D eigenvalue weighted by Gasteiger charge is 2.59. The van der Waals surface area contributed by atoms with Gasteiger partial charge in [-0.1, -0.05) is 6.07 Å². The van der Waals surface area contributed by atoms with Crippen LogP contribution in [-0.2, 0) is 11.8 Å². The summed E-state index contributed by atoms with van der Waals surface area (Å²) in [5, 5.41) is 17.3. The highest BCUT2D eigenvalue weighted by atomic mass is 19.4. The number of halogens is 3. The van der Waals surface area contributed by atoms with Gasteiger partial charge in [-0.25, -0.2) is 9.78 Å². The van der Waals surface area contributed by atoms with E-state index >= 15 is 0 Å². The molecule has 2 aliphatic heterocycles. The molecule has 0 atom stereocenters. The van der Waals surface area contributed by atoms with Gasteiger partial charge in [0.05, 0.1) is 0 Å². The summed E-state index contributed by atoms with van der Waals surface area (Å²) in [7, 11) is 0. The summed E-state index contributed by atoms with van der Waals surface area (Å²) in [6, 6.07) is 2.69. The molecule has 0 radical (unpaired) electrons. The highest BCUT2D eigenvalue weighted by Crippen LogP contribution is 2.58. The number of urea groups is 1. The van der Waals surface area contributed by atoms with E-state index in [4.69, 9.17) is 0 Å². The van der Waals surface area contributed by atoms with Gasteiger partial charge in [-0.2, -0.15) is 18.3 Å². The lowest BCUT2D eigenvalue weighted by atomic mass is 9.56. The second kappa shape index (κ2) is 6.74. The number of carbonyl (C=O) groups is 1. The fraction of sp³-hybridized carbons (Fsp3) is 0.667. The molecule has 2 amide bonds. The quantitative estimate of drug-likeness (QED) is 0.690. The van der Waals surface area contributed by atoms with Crippen LogP contribution >= 0.6 is 0 Å². The average molecular weight is 489 g/mol. The molecule has 2 aromatic heterocycles. The van der Waals surface area contributed by atoms with Crippen LogP contribution < -0.4 is 0 Å². The molecule has 186 valence electrons. The Morgan fingerprint density at radius 1 is 1.00 bits per heavy atom. The van der Waals surface area contributed by atoms with Crippen molar-refractivity contribution in [3.05, 3.63) is 41.2 Å². The Hall–Kier alpha value is -2.69. The number of alkyl halides is 3. The SMILES string of the molecule is O=C(N1CC2(CC(c3ccc(C(F)(F)F)nc3)C2)C1)N1CC2(CC(c3nc(C4(O)CC4)n[nH]3)C2)C1. The molecule has 7 rings (SSSR count). The number of carbonyl (C=O) groups excluding carboxylic acids is 1. The first-order valence-corrected chi connectivity index (χ1v) is 12.3. The van der Waals surface area contributed by atoms with Gasteiger partial charge in [-0.3, -0.25) is 10.1 Å². The summed E-state index contributed by atoms with van der Waals surface area (Å²) >= 11 is 0. The molecule has 2 N–H and O–H groups in total. The predicted molar refractivity (Wildman–Crippen MR) is 116 cm³/mol. The van der Waals surface area contributed by atoms with Crippen molar-refractivity contribution in [1.29, 1.82) is 0 Å². The Morgan fingerprint density at radius 3 is 2.11 bits per heavy atom. The number of aliphatic hydroxyl groups is 1. The second-order valence-electron chi connectivity index (χ2n) is 11.8. The minimum Gasteiger partial charge on any atom is -0.382 e. The van der Waals surface area contributed by atoms with E-state index < -0.39 is 17.5 Å². The third-order valence-electron chi connectivity index (χ3n) is 8.94. The van der Waals surface area contributed by atoms with Crippen molar-refractivity contribution in [2.75, 3.05) is 26.2 Å². The Bertz CT molecular complexity index is 1160. The number of aromatic amines is 1. The largest absolute Gasteiger partial charge is 0.433 e. The van der Waals surface area contributed by atoms with Crippen molar-refractivity contribution in [1.82, 2.24) is 30.0 Å². The summed E-state index contributed by atoms with van der Waals surface area (Å²) in [6.45, 7) is 3.01. The van der Waals surface area contributed by atoms with Gasteiger partial charge < -0.3 is 14.9 Å². The number of rotatable bonds is 3. The molecule has 0 unspecified atom stereocenters. The van der Waals surface area contributed by atoms with Gasteiger partial charge in [0.15, 0.2) is 5.82 Å². The molecule has 5 fully saturated rings. The lowest BCUT2D eigenvalue weighted by molar-refractivity contribution is -0.141. The molecule has 0 aromatic carbocycles. The van der Waals surface area contributed by atoms with Gasteiger partial charge in [0, 0.05) is 49.1 Å². The zero-order valence-corrected chi connectivity index (χ0v) is 19.2. The van der Waals surface area contributed by atoms with E-state index in [1.165, 1.54) is 12.3 Å². The number of H-pyrrole nitrogens is 1. The molecule has 8 nitrogen and oxygen atoms in total. The van der Waals surface area contributed by atoms with Crippen LogP contribution in [0.2, 0.25) is 0 Å². The van der Waals surface area contributed by atoms with E-state index in [-0.39, 0.29) is 22.8 Å². The van der Waals surface area contributed by atoms with Gasteiger partial charge >= 0.3 is 12.2 Å². The Kier molecular flexibility index (Phi) is 4.16. The van der Waals surface area contributed by atoms with Crippen LogP contribution in [0.1, 0.15) is 73.3 Å². The number of aromatic nitrogens is 4. The molecular formula is C24H27F3N6O2. The Morgan fingerprint density at radius 2 is 1.60 bits per heavy atom. The number of likely N-dealkylation sites (tertiary alicyclic amines) is 2. The van der Waals surface area contributed by atoms with Crippen molar-refractivity contribution in [3.8, 4) is 0 Å². The number of hydrogen-bond donors (Lipinski definition) is 2. The normalized spacial score (nSPS) is 26.2. The van der Waals surface area contributed by atoms with E-state index in [1.54, 1.807) is 0 Å². The van der Waals surface area contributed by atoms with Gasteiger partial charge in [-0.15, -0.1) is 0 Å². The lowest BCUT2D eigenvalue weighted by Gasteiger charge is -2.63. The van der Waals surface area contributed by atoms with Crippen LogP contribution in [0, 0.1) is 10.8 Å². The fourth-order valence-electron chi connectivity index (χ4n) is 6.74. The minimum absolute atomic E-state index is 0.0993. The van der Waals surface area contributed by atoms with E-state index in [2.05, 4.69) is 20.2 Å². The van der Waals surface area contributed by atoms with E-state index in [1.807, 2.05) is 9.80 Å². The van der Waals surface area contributed by atoms with Crippen molar-refractivity contribution in [2.45, 2.75) is 62.1 Å². The van der Waals surface area contributed by atoms with Crippen LogP contribution in [0.4, 0.5) is 18.0 Å². The summed E-state index contributed by atoms with van der Waals surface area (Å²) in [4.78, 5) is 24.8. The number of nitrogens with zero attached hydrogens (tertiary/aromatic N) is 5. The van der Waals surface area contributed by atoms with Crippen molar-refractivity contribution >= 4 is 6.03 Å². The second-order valence-corrected chi connectivity index (χ2v) is 11.8. The number of hydrogen-bond acceptors (Lipinski definition) is 5. The first-order valence-electron chi connectivity index (χ1n) is 12.3. The fourth-order valence-corrected chi connectivity index (χ4v) is 6.74. The van der Waals surface area contributed by atoms with Gasteiger partial charge in [0.25, 0.3) is 0 Å². The summed E-state index contributed by atoms with van der Waals surface area (Å²) in [6.07, 6.45) is 2.13. The van der Waals surface area contributed by atoms with Crippen LogP contribution in [0.25, 0.3) is 0 Å². The molecule has 35 heavy (non-hydrogen) atoms. The van der Waals surface area contributed by atoms with E-state index in [0.29, 0.717) is 11.7 Å². The molecule has 3 aliphatic carbocycles. The zero-order valence-electron chi connectivity index (χ0n) is 19.2. The first-order chi connectivity index (χ1) is 16.6. The topological polar surface area (TPSA) is 98.2 Å². The lowest BCUT2D eigenvalue weighted by Crippen LogP contribution is -2.70. The third kappa shape index (κ3) is 3.37. The molecule has 2 saturated heterocycles.